The third-order valence-corrected chi connectivity index (χ3v) is 2.57. The molecule has 0 bridgehead atoms. The number of H-pyrrole nitrogens is 1. The van der Waals surface area contributed by atoms with E-state index in [0.29, 0.717) is 0 Å². The van der Waals surface area contributed by atoms with E-state index < -0.39 is 0 Å². The van der Waals surface area contributed by atoms with E-state index in [1.807, 2.05) is 6.07 Å². The molecule has 1 aliphatic heterocycles. The summed E-state index contributed by atoms with van der Waals surface area (Å²) in [6, 6.07) is 10.4. The van der Waals surface area contributed by atoms with Crippen molar-refractivity contribution in [2.45, 2.75) is 19.8 Å². The van der Waals surface area contributed by atoms with Gasteiger partial charge in [0, 0.05) is 24.2 Å². The van der Waals surface area contributed by atoms with Gasteiger partial charge in [-0.1, -0.05) is 18.2 Å². The van der Waals surface area contributed by atoms with Crippen LogP contribution in [0.4, 0.5) is 0 Å². The number of aromatic nitrogens is 1. The molecule has 1 aromatic heterocycles. The molecule has 0 aliphatic carbocycles. The molecule has 0 radical (unpaired) electrons. The maximum atomic E-state index is 10.1. The Morgan fingerprint density at radius 1 is 1.25 bits per heavy atom. The molecule has 2 heterocycles. The fourth-order valence-corrected chi connectivity index (χ4v) is 1.78. The highest BCUT2D eigenvalue weighted by Crippen LogP contribution is 2.12. The van der Waals surface area contributed by atoms with Gasteiger partial charge in [-0.05, 0) is 30.9 Å². The van der Waals surface area contributed by atoms with E-state index >= 15 is 0 Å². The second kappa shape index (κ2) is 4.84. The molecule has 1 aliphatic rings. The molecule has 0 atom stereocenters. The standard InChI is InChI=1S/C9H9N.C4H7NO/c1-7-6-8-4-2-3-5-9(8)10-7;6-4-2-1-3-5-4/h2-6,10H,1H3;1-3H2,(H,5,6). The lowest BCUT2D eigenvalue weighted by atomic mass is 10.2. The molecule has 3 heteroatoms. The van der Waals surface area contributed by atoms with E-state index in [2.05, 4.69) is 41.5 Å². The summed E-state index contributed by atoms with van der Waals surface area (Å²) in [5, 5.41) is 3.97. The smallest absolute Gasteiger partial charge is 0.220 e. The van der Waals surface area contributed by atoms with Crippen molar-refractivity contribution in [1.82, 2.24) is 10.3 Å². The SMILES string of the molecule is Cc1cc2ccccc2[nH]1.O=C1CCCN1. The highest BCUT2D eigenvalue weighted by Gasteiger charge is 2.05. The second-order valence-electron chi connectivity index (χ2n) is 3.99. The van der Waals surface area contributed by atoms with Crippen LogP contribution in [0.15, 0.2) is 30.3 Å². The van der Waals surface area contributed by atoms with Gasteiger partial charge in [0.15, 0.2) is 0 Å². The van der Waals surface area contributed by atoms with Gasteiger partial charge in [-0.2, -0.15) is 0 Å². The van der Waals surface area contributed by atoms with Crippen molar-refractivity contribution in [3.8, 4) is 0 Å². The Balaban J connectivity index is 0.000000138. The van der Waals surface area contributed by atoms with Gasteiger partial charge in [-0.3, -0.25) is 4.79 Å². The number of para-hydroxylation sites is 1. The molecule has 84 valence electrons. The van der Waals surface area contributed by atoms with Crippen LogP contribution in [0.5, 0.6) is 0 Å². The zero-order valence-corrected chi connectivity index (χ0v) is 9.42. The predicted molar refractivity (Wildman–Crippen MR) is 65.3 cm³/mol. The van der Waals surface area contributed by atoms with Crippen LogP contribution in [0.25, 0.3) is 10.9 Å². The van der Waals surface area contributed by atoms with Gasteiger partial charge in [-0.15, -0.1) is 0 Å². The van der Waals surface area contributed by atoms with Crippen molar-refractivity contribution in [3.63, 3.8) is 0 Å². The van der Waals surface area contributed by atoms with Crippen molar-refractivity contribution < 1.29 is 4.79 Å². The molecule has 2 N–H and O–H groups in total. The molecule has 0 saturated carbocycles. The summed E-state index contributed by atoms with van der Waals surface area (Å²) < 4.78 is 0. The number of carbonyl (C=O) groups excluding carboxylic acids is 1. The van der Waals surface area contributed by atoms with E-state index in [4.69, 9.17) is 0 Å². The summed E-state index contributed by atoms with van der Waals surface area (Å²) >= 11 is 0. The minimum absolute atomic E-state index is 0.204. The van der Waals surface area contributed by atoms with Crippen LogP contribution in [0.1, 0.15) is 18.5 Å². The van der Waals surface area contributed by atoms with Gasteiger partial charge >= 0.3 is 0 Å². The molecule has 3 rings (SSSR count). The third kappa shape index (κ3) is 2.63. The summed E-state index contributed by atoms with van der Waals surface area (Å²) in [6.45, 7) is 2.96. The van der Waals surface area contributed by atoms with Crippen LogP contribution in [0.3, 0.4) is 0 Å². The maximum absolute atomic E-state index is 10.1. The lowest BCUT2D eigenvalue weighted by molar-refractivity contribution is -0.119. The average molecular weight is 216 g/mol. The Labute approximate surface area is 94.9 Å². The highest BCUT2D eigenvalue weighted by atomic mass is 16.1. The van der Waals surface area contributed by atoms with E-state index in [1.54, 1.807) is 0 Å². The quantitative estimate of drug-likeness (QED) is 0.697. The van der Waals surface area contributed by atoms with Crippen molar-refractivity contribution in [2.75, 3.05) is 6.54 Å². The summed E-state index contributed by atoms with van der Waals surface area (Å²) in [6.07, 6.45) is 1.76. The van der Waals surface area contributed by atoms with Crippen LogP contribution in [-0.2, 0) is 4.79 Å². The number of fused-ring (bicyclic) bond motifs is 1. The maximum Gasteiger partial charge on any atom is 0.220 e. The van der Waals surface area contributed by atoms with Crippen molar-refractivity contribution >= 4 is 16.8 Å². The van der Waals surface area contributed by atoms with Crippen LogP contribution in [-0.4, -0.2) is 17.4 Å². The van der Waals surface area contributed by atoms with Crippen LogP contribution in [0, 0.1) is 6.92 Å². The molecule has 0 spiro atoms. The number of hydrogen-bond acceptors (Lipinski definition) is 1. The molecule has 1 fully saturated rings. The van der Waals surface area contributed by atoms with Gasteiger partial charge in [0.25, 0.3) is 0 Å². The van der Waals surface area contributed by atoms with Crippen molar-refractivity contribution in [3.05, 3.63) is 36.0 Å². The molecular weight excluding hydrogens is 200 g/mol. The van der Waals surface area contributed by atoms with Crippen molar-refractivity contribution in [1.29, 1.82) is 0 Å². The van der Waals surface area contributed by atoms with Crippen LogP contribution in [0.2, 0.25) is 0 Å². The predicted octanol–water partition coefficient (Wildman–Crippen LogP) is 2.37. The fourth-order valence-electron chi connectivity index (χ4n) is 1.78. The molecule has 2 aromatic rings. The Hall–Kier alpha value is -1.77. The zero-order chi connectivity index (χ0) is 11.4. The first-order chi connectivity index (χ1) is 7.75. The number of hydrogen-bond donors (Lipinski definition) is 2. The number of carbonyl (C=O) groups is 1. The minimum atomic E-state index is 0.204. The molecular formula is C13H16N2O. The minimum Gasteiger partial charge on any atom is -0.359 e. The summed E-state index contributed by atoms with van der Waals surface area (Å²) in [5.74, 6) is 0.204. The fraction of sp³-hybridized carbons (Fsp3) is 0.308. The lowest BCUT2D eigenvalue weighted by Gasteiger charge is -1.83. The number of amides is 1. The Morgan fingerprint density at radius 2 is 2.06 bits per heavy atom. The monoisotopic (exact) mass is 216 g/mol. The Kier molecular flexibility index (Phi) is 3.25. The summed E-state index contributed by atoms with van der Waals surface area (Å²) in [7, 11) is 0. The first kappa shape index (κ1) is 10.7. The van der Waals surface area contributed by atoms with Gasteiger partial charge in [0.1, 0.15) is 0 Å². The summed E-state index contributed by atoms with van der Waals surface area (Å²) in [5.41, 5.74) is 2.45. The highest BCUT2D eigenvalue weighted by molar-refractivity contribution is 5.80. The molecule has 0 unspecified atom stereocenters. The molecule has 16 heavy (non-hydrogen) atoms. The zero-order valence-electron chi connectivity index (χ0n) is 9.42. The van der Waals surface area contributed by atoms with Gasteiger partial charge in [0.2, 0.25) is 5.91 Å². The Morgan fingerprint density at radius 3 is 2.62 bits per heavy atom. The van der Waals surface area contributed by atoms with E-state index in [-0.39, 0.29) is 5.91 Å². The first-order valence-electron chi connectivity index (χ1n) is 5.57. The average Bonchev–Trinajstić information content (AvgIpc) is 2.86. The molecule has 1 amide bonds. The number of rotatable bonds is 0. The van der Waals surface area contributed by atoms with Crippen LogP contribution >= 0.6 is 0 Å². The molecule has 1 aromatic carbocycles. The topological polar surface area (TPSA) is 44.9 Å². The normalized spacial score (nSPS) is 14.4. The lowest BCUT2D eigenvalue weighted by Crippen LogP contribution is -2.12. The van der Waals surface area contributed by atoms with Gasteiger partial charge in [0.05, 0.1) is 0 Å². The van der Waals surface area contributed by atoms with E-state index in [9.17, 15) is 4.79 Å². The van der Waals surface area contributed by atoms with Gasteiger partial charge in [-0.25, -0.2) is 0 Å². The number of aryl methyl sites for hydroxylation is 1. The van der Waals surface area contributed by atoms with E-state index in [1.165, 1.54) is 16.6 Å². The molecule has 3 nitrogen and oxygen atoms in total. The number of aromatic amines is 1. The second-order valence-corrected chi connectivity index (χ2v) is 3.99. The molecule has 1 saturated heterocycles. The van der Waals surface area contributed by atoms with Gasteiger partial charge < -0.3 is 10.3 Å². The third-order valence-electron chi connectivity index (χ3n) is 2.57. The van der Waals surface area contributed by atoms with Crippen LogP contribution < -0.4 is 5.32 Å². The largest absolute Gasteiger partial charge is 0.359 e. The number of nitrogens with one attached hydrogen (secondary N) is 2. The first-order valence-corrected chi connectivity index (χ1v) is 5.57. The Bertz CT molecular complexity index is 446. The summed E-state index contributed by atoms with van der Waals surface area (Å²) in [4.78, 5) is 13.4. The van der Waals surface area contributed by atoms with Crippen molar-refractivity contribution in [2.24, 2.45) is 0 Å². The number of benzene rings is 1. The van der Waals surface area contributed by atoms with E-state index in [0.717, 1.165) is 19.4 Å².